The maximum atomic E-state index is 13.8. The first-order valence-corrected chi connectivity index (χ1v) is 15.2. The summed E-state index contributed by atoms with van der Waals surface area (Å²) < 4.78 is 52.2. The third-order valence-electron chi connectivity index (χ3n) is 8.86. The fourth-order valence-corrected chi connectivity index (χ4v) is 6.47. The highest BCUT2D eigenvalue weighted by atomic mass is 19.4. The summed E-state index contributed by atoms with van der Waals surface area (Å²) in [6.07, 6.45) is -0.319. The molecular weight excluding hydrogens is 585 g/mol. The molecule has 4 aromatic rings. The summed E-state index contributed by atoms with van der Waals surface area (Å²) in [5.41, 5.74) is 2.91. The van der Waals surface area contributed by atoms with Crippen LogP contribution in [0.3, 0.4) is 0 Å². The number of alkyl halides is 3. The van der Waals surface area contributed by atoms with Gasteiger partial charge < -0.3 is 24.3 Å². The molecule has 238 valence electrons. The van der Waals surface area contributed by atoms with E-state index in [-0.39, 0.29) is 17.4 Å². The first-order chi connectivity index (χ1) is 21.7. The molecular formula is C33H37F3N6O3. The first kappa shape index (κ1) is 30.7. The van der Waals surface area contributed by atoms with E-state index >= 15 is 0 Å². The van der Waals surface area contributed by atoms with Crippen molar-refractivity contribution in [3.63, 3.8) is 0 Å². The highest BCUT2D eigenvalue weighted by Crippen LogP contribution is 2.40. The van der Waals surface area contributed by atoms with E-state index in [1.54, 1.807) is 36.7 Å². The largest absolute Gasteiger partial charge is 0.493 e. The topological polar surface area (TPSA) is 86.8 Å². The molecule has 0 saturated carbocycles. The highest BCUT2D eigenvalue weighted by molar-refractivity contribution is 5.92. The van der Waals surface area contributed by atoms with Crippen LogP contribution in [0.1, 0.15) is 29.9 Å². The summed E-state index contributed by atoms with van der Waals surface area (Å²) >= 11 is 0. The zero-order chi connectivity index (χ0) is 31.6. The number of halogens is 3. The number of likely N-dealkylation sites (tertiary alicyclic amines) is 1. The molecule has 2 saturated heterocycles. The predicted octanol–water partition coefficient (Wildman–Crippen LogP) is 5.28. The molecule has 0 bridgehead atoms. The summed E-state index contributed by atoms with van der Waals surface area (Å²) in [4.78, 5) is 31.1. The summed E-state index contributed by atoms with van der Waals surface area (Å²) in [6, 6.07) is 12.7. The molecule has 0 atom stereocenters. The third kappa shape index (κ3) is 6.85. The Balaban J connectivity index is 1.12. The molecule has 0 unspecified atom stereocenters. The number of amides is 1. The van der Waals surface area contributed by atoms with E-state index in [9.17, 15) is 18.0 Å². The lowest BCUT2D eigenvalue weighted by Crippen LogP contribution is -2.52. The molecule has 0 aliphatic carbocycles. The number of hydrogen-bond donors (Lipinski definition) is 1. The Morgan fingerprint density at radius 2 is 1.64 bits per heavy atom. The van der Waals surface area contributed by atoms with Crippen molar-refractivity contribution in [1.82, 2.24) is 24.8 Å². The normalized spacial score (nSPS) is 16.7. The summed E-state index contributed by atoms with van der Waals surface area (Å²) in [5, 5.41) is 0.576. The van der Waals surface area contributed by atoms with Gasteiger partial charge in [-0.1, -0.05) is 6.07 Å². The molecule has 2 fully saturated rings. The van der Waals surface area contributed by atoms with Gasteiger partial charge in [0.05, 0.1) is 32.9 Å². The number of fused-ring (bicyclic) bond motifs is 1. The number of aromatic amines is 1. The van der Waals surface area contributed by atoms with Crippen LogP contribution < -0.4 is 14.4 Å². The predicted molar refractivity (Wildman–Crippen MR) is 166 cm³/mol. The second-order valence-electron chi connectivity index (χ2n) is 11.6. The van der Waals surface area contributed by atoms with Gasteiger partial charge in [-0.2, -0.15) is 13.2 Å². The molecule has 9 nitrogen and oxygen atoms in total. The lowest BCUT2D eigenvalue weighted by atomic mass is 9.88. The average Bonchev–Trinajstić information content (AvgIpc) is 3.41. The van der Waals surface area contributed by atoms with E-state index in [0.717, 1.165) is 31.5 Å². The molecule has 2 aromatic heterocycles. The number of ether oxygens (including phenoxy) is 2. The number of nitrogens with zero attached hydrogens (tertiary/aromatic N) is 5. The van der Waals surface area contributed by atoms with E-state index in [0.29, 0.717) is 72.3 Å². The van der Waals surface area contributed by atoms with Crippen LogP contribution in [0, 0.1) is 0 Å². The Labute approximate surface area is 260 Å². The van der Waals surface area contributed by atoms with Crippen LogP contribution in [-0.2, 0) is 11.2 Å². The molecule has 4 heterocycles. The summed E-state index contributed by atoms with van der Waals surface area (Å²) in [7, 11) is 3.02. The van der Waals surface area contributed by atoms with Gasteiger partial charge in [0.15, 0.2) is 11.5 Å². The number of H-pyrrole nitrogens is 1. The number of carbonyl (C=O) groups is 1. The van der Waals surface area contributed by atoms with Gasteiger partial charge in [0.25, 0.3) is 0 Å². The van der Waals surface area contributed by atoms with Crippen LogP contribution >= 0.6 is 0 Å². The van der Waals surface area contributed by atoms with Gasteiger partial charge in [-0.05, 0) is 79.4 Å². The summed E-state index contributed by atoms with van der Waals surface area (Å²) in [5.74, 6) is 1.96. The van der Waals surface area contributed by atoms with Gasteiger partial charge in [0.1, 0.15) is 0 Å². The minimum Gasteiger partial charge on any atom is -0.493 e. The van der Waals surface area contributed by atoms with Crippen molar-refractivity contribution in [2.75, 3.05) is 64.9 Å². The van der Waals surface area contributed by atoms with Crippen molar-refractivity contribution >= 4 is 22.8 Å². The number of nitrogens with one attached hydrogen (secondary N) is 1. The van der Waals surface area contributed by atoms with Crippen molar-refractivity contribution in [2.45, 2.75) is 31.4 Å². The number of methoxy groups -OCH3 is 2. The van der Waals surface area contributed by atoms with Crippen molar-refractivity contribution < 1.29 is 27.4 Å². The average molecular weight is 623 g/mol. The molecule has 0 radical (unpaired) electrons. The Kier molecular flexibility index (Phi) is 8.84. The van der Waals surface area contributed by atoms with Crippen LogP contribution in [0.5, 0.6) is 11.5 Å². The lowest BCUT2D eigenvalue weighted by Gasteiger charge is -2.37. The lowest BCUT2D eigenvalue weighted by molar-refractivity contribution is -0.133. The number of piperidine rings is 1. The van der Waals surface area contributed by atoms with Gasteiger partial charge in [0, 0.05) is 55.0 Å². The maximum absolute atomic E-state index is 13.8. The monoisotopic (exact) mass is 622 g/mol. The minimum absolute atomic E-state index is 0.121. The van der Waals surface area contributed by atoms with Crippen molar-refractivity contribution in [3.8, 4) is 22.8 Å². The third-order valence-corrected chi connectivity index (χ3v) is 8.86. The molecule has 2 aromatic carbocycles. The van der Waals surface area contributed by atoms with Crippen molar-refractivity contribution in [2.24, 2.45) is 0 Å². The summed E-state index contributed by atoms with van der Waals surface area (Å²) in [6.45, 7) is 4.55. The molecule has 2 aliphatic heterocycles. The fraction of sp³-hybridized carbons (Fsp3) is 0.424. The van der Waals surface area contributed by atoms with Crippen molar-refractivity contribution in [1.29, 1.82) is 0 Å². The second-order valence-corrected chi connectivity index (χ2v) is 11.6. The zero-order valence-corrected chi connectivity index (χ0v) is 25.4. The fourth-order valence-electron chi connectivity index (χ4n) is 6.47. The molecule has 2 aliphatic rings. The minimum atomic E-state index is -4.38. The number of aromatic nitrogens is 3. The number of hydrogen-bond acceptors (Lipinski definition) is 7. The Morgan fingerprint density at radius 1 is 0.933 bits per heavy atom. The molecule has 0 spiro atoms. The van der Waals surface area contributed by atoms with Crippen LogP contribution in [0.2, 0.25) is 0 Å². The van der Waals surface area contributed by atoms with Crippen LogP contribution in [-0.4, -0.2) is 96.9 Å². The molecule has 45 heavy (non-hydrogen) atoms. The quantitative estimate of drug-likeness (QED) is 0.286. The van der Waals surface area contributed by atoms with Crippen LogP contribution in [0.25, 0.3) is 22.2 Å². The number of piperazine rings is 1. The number of benzene rings is 2. The highest BCUT2D eigenvalue weighted by Gasteiger charge is 2.32. The smallest absolute Gasteiger partial charge is 0.393 e. The Hall–Kier alpha value is -4.32. The van der Waals surface area contributed by atoms with Crippen LogP contribution in [0.15, 0.2) is 54.9 Å². The SMILES string of the molecule is COc1ccc(-c2[nH]c3ccc(C4CCN(CC(=O)N5CCN(c6ncccn6)CC5)CC4)cc3c2CC(F)(F)F)cc1OC. The number of anilines is 1. The van der Waals surface area contributed by atoms with Gasteiger partial charge >= 0.3 is 6.18 Å². The second kappa shape index (κ2) is 13.0. The first-order valence-electron chi connectivity index (χ1n) is 15.2. The van der Waals surface area contributed by atoms with Gasteiger partial charge in [-0.15, -0.1) is 0 Å². The molecule has 1 N–H and O–H groups in total. The molecule has 1 amide bonds. The van der Waals surface area contributed by atoms with Crippen molar-refractivity contribution in [3.05, 3.63) is 66.0 Å². The number of rotatable bonds is 8. The Morgan fingerprint density at radius 3 is 2.31 bits per heavy atom. The van der Waals surface area contributed by atoms with E-state index in [2.05, 4.69) is 24.8 Å². The van der Waals surface area contributed by atoms with Gasteiger partial charge in [-0.3, -0.25) is 9.69 Å². The number of carbonyl (C=O) groups excluding carboxylic acids is 1. The standard InChI is InChI=1S/C33H37F3N6O3/c1-44-28-7-5-24(19-29(28)45-2)31-26(20-33(34,35)36)25-18-23(4-6-27(25)39-31)22-8-12-40(13-9-22)21-30(43)41-14-16-42(17-15-41)32-37-10-3-11-38-32/h3-7,10-11,18-19,22,39H,8-9,12-17,20-21H2,1-2H3. The van der Waals surface area contributed by atoms with E-state index < -0.39 is 12.6 Å². The molecule has 6 rings (SSSR count). The molecule has 12 heteroatoms. The Bertz CT molecular complexity index is 1630. The maximum Gasteiger partial charge on any atom is 0.393 e. The van der Waals surface area contributed by atoms with Gasteiger partial charge in [-0.25, -0.2) is 9.97 Å². The van der Waals surface area contributed by atoms with Gasteiger partial charge in [0.2, 0.25) is 11.9 Å². The van der Waals surface area contributed by atoms with E-state index in [1.165, 1.54) is 14.2 Å². The van der Waals surface area contributed by atoms with Crippen LogP contribution in [0.4, 0.5) is 19.1 Å². The van der Waals surface area contributed by atoms with E-state index in [1.807, 2.05) is 23.1 Å². The zero-order valence-electron chi connectivity index (χ0n) is 25.4. The van der Waals surface area contributed by atoms with E-state index in [4.69, 9.17) is 9.47 Å².